The molecule has 0 bridgehead atoms. The van der Waals surface area contributed by atoms with Gasteiger partial charge < -0.3 is 10.1 Å². The van der Waals surface area contributed by atoms with Crippen molar-refractivity contribution in [3.8, 4) is 10.6 Å². The van der Waals surface area contributed by atoms with Crippen LogP contribution in [-0.2, 0) is 9.53 Å². The number of carbonyl (C=O) groups is 1. The molecule has 0 spiro atoms. The van der Waals surface area contributed by atoms with Crippen LogP contribution in [0, 0.1) is 18.7 Å². The Morgan fingerprint density at radius 3 is 2.66 bits per heavy atom. The van der Waals surface area contributed by atoms with Crippen molar-refractivity contribution in [3.63, 3.8) is 0 Å². The number of ether oxygens (including phenoxy) is 1. The molecule has 2 aliphatic rings. The number of rotatable bonds is 4. The average Bonchev–Trinajstić information content (AvgIpc) is 3.26. The van der Waals surface area contributed by atoms with E-state index in [4.69, 9.17) is 4.74 Å². The summed E-state index contributed by atoms with van der Waals surface area (Å²) in [4.78, 5) is 19.6. The Balaban J connectivity index is 1.27. The molecule has 5 rings (SSSR count). The third-order valence-corrected chi connectivity index (χ3v) is 7.33. The number of nitrogens with one attached hydrogen (secondary N) is 1. The van der Waals surface area contributed by atoms with E-state index in [2.05, 4.69) is 25.4 Å². The number of carbonyl (C=O) groups excluding carboxylic acids is 1. The summed E-state index contributed by atoms with van der Waals surface area (Å²) in [5, 5.41) is 13.7. The first-order valence-electron chi connectivity index (χ1n) is 11.1. The van der Waals surface area contributed by atoms with Gasteiger partial charge in [-0.1, -0.05) is 11.3 Å². The van der Waals surface area contributed by atoms with Gasteiger partial charge in [0.1, 0.15) is 21.7 Å². The number of nitrogens with zero attached hydrogens (tertiary/aromatic N) is 4. The van der Waals surface area contributed by atoms with Crippen LogP contribution in [0.25, 0.3) is 21.3 Å². The number of benzene rings is 1. The lowest BCUT2D eigenvalue weighted by Crippen LogP contribution is -2.45. The fraction of sp³-hybridized carbons (Fsp3) is 0.478. The molecule has 1 saturated heterocycles. The molecule has 2 fully saturated rings. The summed E-state index contributed by atoms with van der Waals surface area (Å²) in [5.41, 5.74) is 0.672. The summed E-state index contributed by atoms with van der Waals surface area (Å²) < 4.78 is 20.1. The van der Waals surface area contributed by atoms with Crippen molar-refractivity contribution >= 4 is 33.8 Å². The fourth-order valence-electron chi connectivity index (χ4n) is 4.69. The Morgan fingerprint density at radius 2 is 1.94 bits per heavy atom. The Bertz CT molecular complexity index is 1120. The predicted molar refractivity (Wildman–Crippen MR) is 122 cm³/mol. The molecule has 32 heavy (non-hydrogen) atoms. The number of anilines is 1. The largest absolute Gasteiger partial charge is 0.379 e. The van der Waals surface area contributed by atoms with Gasteiger partial charge in [-0.05, 0) is 56.2 Å². The van der Waals surface area contributed by atoms with Gasteiger partial charge in [0.2, 0.25) is 5.91 Å². The van der Waals surface area contributed by atoms with Gasteiger partial charge in [-0.2, -0.15) is 0 Å². The normalized spacial score (nSPS) is 22.2. The molecule has 3 heterocycles. The summed E-state index contributed by atoms with van der Waals surface area (Å²) in [7, 11) is 0. The number of hydrogen-bond donors (Lipinski definition) is 1. The summed E-state index contributed by atoms with van der Waals surface area (Å²) >= 11 is 1.42. The van der Waals surface area contributed by atoms with E-state index in [9.17, 15) is 9.18 Å². The highest BCUT2D eigenvalue weighted by Gasteiger charge is 2.30. The lowest BCUT2D eigenvalue weighted by molar-refractivity contribution is -0.121. The number of hydrogen-bond acceptors (Lipinski definition) is 7. The quantitative estimate of drug-likeness (QED) is 0.640. The predicted octanol–water partition coefficient (Wildman–Crippen LogP) is 4.03. The number of pyridine rings is 1. The van der Waals surface area contributed by atoms with Gasteiger partial charge in [-0.3, -0.25) is 9.69 Å². The first-order chi connectivity index (χ1) is 15.6. The van der Waals surface area contributed by atoms with Crippen LogP contribution >= 0.6 is 11.3 Å². The maximum Gasteiger partial charge on any atom is 0.228 e. The molecule has 0 atom stereocenters. The maximum absolute atomic E-state index is 14.6. The highest BCUT2D eigenvalue weighted by Crippen LogP contribution is 2.31. The van der Waals surface area contributed by atoms with Gasteiger partial charge in [0, 0.05) is 42.2 Å². The van der Waals surface area contributed by atoms with Crippen molar-refractivity contribution in [1.29, 1.82) is 0 Å². The first-order valence-corrected chi connectivity index (χ1v) is 11.9. The summed E-state index contributed by atoms with van der Waals surface area (Å²) in [6.07, 6.45) is 5.27. The molecule has 0 radical (unpaired) electrons. The topological polar surface area (TPSA) is 80.2 Å². The molecule has 168 valence electrons. The minimum absolute atomic E-state index is 0.00588. The molecule has 1 aromatic carbocycles. The second-order valence-electron chi connectivity index (χ2n) is 8.52. The molecule has 0 unspecified atom stereocenters. The van der Waals surface area contributed by atoms with Crippen molar-refractivity contribution in [2.24, 2.45) is 5.92 Å². The number of aryl methyl sites for hydroxylation is 1. The Kier molecular flexibility index (Phi) is 6.12. The molecular weight excluding hydrogens is 429 g/mol. The third kappa shape index (κ3) is 4.51. The molecule has 3 aromatic rings. The monoisotopic (exact) mass is 455 g/mol. The van der Waals surface area contributed by atoms with Crippen LogP contribution in [-0.4, -0.2) is 58.3 Å². The minimum Gasteiger partial charge on any atom is -0.379 e. The summed E-state index contributed by atoms with van der Waals surface area (Å²) in [6.45, 7) is 5.43. The Labute approximate surface area is 190 Å². The fourth-order valence-corrected chi connectivity index (χ4v) is 5.37. The van der Waals surface area contributed by atoms with Crippen molar-refractivity contribution < 1.29 is 13.9 Å². The Morgan fingerprint density at radius 1 is 1.16 bits per heavy atom. The number of morpholine rings is 1. The lowest BCUT2D eigenvalue weighted by Gasteiger charge is -2.38. The zero-order chi connectivity index (χ0) is 22.1. The van der Waals surface area contributed by atoms with E-state index >= 15 is 0 Å². The smallest absolute Gasteiger partial charge is 0.228 e. The van der Waals surface area contributed by atoms with Gasteiger partial charge in [-0.25, -0.2) is 9.37 Å². The summed E-state index contributed by atoms with van der Waals surface area (Å²) in [6, 6.07) is 5.60. The molecule has 1 aliphatic carbocycles. The highest BCUT2D eigenvalue weighted by atomic mass is 32.1. The van der Waals surface area contributed by atoms with Crippen molar-refractivity contribution in [3.05, 3.63) is 35.2 Å². The van der Waals surface area contributed by atoms with Crippen molar-refractivity contribution in [2.45, 2.75) is 38.6 Å². The molecule has 1 aliphatic heterocycles. The van der Waals surface area contributed by atoms with E-state index in [1.165, 1.54) is 23.6 Å². The molecule has 2 aromatic heterocycles. The second kappa shape index (κ2) is 9.17. The van der Waals surface area contributed by atoms with Gasteiger partial charge in [-0.15, -0.1) is 10.2 Å². The number of amides is 1. The molecule has 1 saturated carbocycles. The van der Waals surface area contributed by atoms with Gasteiger partial charge in [0.15, 0.2) is 0 Å². The molecule has 7 nitrogen and oxygen atoms in total. The minimum atomic E-state index is -0.364. The van der Waals surface area contributed by atoms with Gasteiger partial charge in [0.05, 0.1) is 13.2 Å². The van der Waals surface area contributed by atoms with Crippen LogP contribution in [0.1, 0.15) is 30.7 Å². The zero-order valence-corrected chi connectivity index (χ0v) is 18.8. The van der Waals surface area contributed by atoms with E-state index < -0.39 is 0 Å². The molecular formula is C23H26FN5O2S. The third-order valence-electron chi connectivity index (χ3n) is 6.44. The first kappa shape index (κ1) is 21.4. The second-order valence-corrected chi connectivity index (χ2v) is 9.70. The SMILES string of the molecule is Cc1nnc(-c2cc(F)c3cnc(NC(=O)[C@H]4CC[C@H](N5CCOCC5)CC4)cc3c2)s1. The van der Waals surface area contributed by atoms with Crippen LogP contribution in [0.3, 0.4) is 0 Å². The molecule has 9 heteroatoms. The van der Waals surface area contributed by atoms with Crippen LogP contribution < -0.4 is 5.32 Å². The standard InChI is InChI=1S/C23H26FN5O2S/c1-14-27-28-23(32-14)17-10-16-12-21(25-13-19(16)20(24)11-17)26-22(30)15-2-4-18(5-3-15)29-6-8-31-9-7-29/h10-13,15,18H,2-9H2,1H3,(H,25,26,30)/t15-,18-. The van der Waals surface area contributed by atoms with Crippen LogP contribution in [0.4, 0.5) is 10.2 Å². The van der Waals surface area contributed by atoms with Gasteiger partial charge in [0.25, 0.3) is 0 Å². The van der Waals surface area contributed by atoms with E-state index in [-0.39, 0.29) is 17.6 Å². The lowest BCUT2D eigenvalue weighted by atomic mass is 9.84. The van der Waals surface area contributed by atoms with Crippen LogP contribution in [0.5, 0.6) is 0 Å². The zero-order valence-electron chi connectivity index (χ0n) is 18.0. The van der Waals surface area contributed by atoms with E-state index in [0.29, 0.717) is 33.2 Å². The van der Waals surface area contributed by atoms with Crippen molar-refractivity contribution in [1.82, 2.24) is 20.1 Å². The Hall–Kier alpha value is -2.49. The van der Waals surface area contributed by atoms with E-state index in [0.717, 1.165) is 57.0 Å². The van der Waals surface area contributed by atoms with Crippen LogP contribution in [0.15, 0.2) is 24.4 Å². The number of aromatic nitrogens is 3. The van der Waals surface area contributed by atoms with E-state index in [1.807, 2.05) is 13.0 Å². The highest BCUT2D eigenvalue weighted by molar-refractivity contribution is 7.14. The number of halogens is 1. The molecule has 1 amide bonds. The maximum atomic E-state index is 14.6. The van der Waals surface area contributed by atoms with Gasteiger partial charge >= 0.3 is 0 Å². The molecule has 1 N–H and O–H groups in total. The number of fused-ring (bicyclic) bond motifs is 1. The van der Waals surface area contributed by atoms with E-state index in [1.54, 1.807) is 6.07 Å². The van der Waals surface area contributed by atoms with Crippen molar-refractivity contribution in [2.75, 3.05) is 31.6 Å². The average molecular weight is 456 g/mol. The summed E-state index contributed by atoms with van der Waals surface area (Å²) in [5.74, 6) is 0.0610. The van der Waals surface area contributed by atoms with Crippen LogP contribution in [0.2, 0.25) is 0 Å².